The van der Waals surface area contributed by atoms with Crippen molar-refractivity contribution in [3.63, 3.8) is 0 Å². The monoisotopic (exact) mass is 459 g/mol. The average molecular weight is 460 g/mol. The third-order valence-corrected chi connectivity index (χ3v) is 7.01. The van der Waals surface area contributed by atoms with Crippen molar-refractivity contribution in [3.8, 4) is 0 Å². The second-order valence-corrected chi connectivity index (χ2v) is 9.26. The second-order valence-electron chi connectivity index (χ2n) is 7.65. The molecule has 0 spiro atoms. The number of fused-ring (bicyclic) bond motifs is 1. The summed E-state index contributed by atoms with van der Waals surface area (Å²) in [5, 5.41) is 7.77. The van der Waals surface area contributed by atoms with Gasteiger partial charge in [-0.3, -0.25) is 9.69 Å². The Morgan fingerprint density at radius 2 is 1.97 bits per heavy atom. The van der Waals surface area contributed by atoms with Crippen molar-refractivity contribution < 1.29 is 9.53 Å². The molecule has 1 aliphatic heterocycles. The Labute approximate surface area is 190 Å². The minimum atomic E-state index is -0.156. The summed E-state index contributed by atoms with van der Waals surface area (Å²) in [5.74, 6) is 1.30. The number of halogens is 1. The number of morpholine rings is 1. The molecule has 1 aromatic carbocycles. The number of benzene rings is 1. The SMILES string of the molecule is Cc1sc2nc(CN3CCOCC3)nc(NCC(=O)Nc3cccc(Cl)c3C)c2c1C. The van der Waals surface area contributed by atoms with Gasteiger partial charge < -0.3 is 15.4 Å². The number of aryl methyl sites for hydroxylation is 2. The zero-order valence-corrected chi connectivity index (χ0v) is 19.5. The summed E-state index contributed by atoms with van der Waals surface area (Å²) in [6.07, 6.45) is 0. The van der Waals surface area contributed by atoms with Crippen LogP contribution in [0.3, 0.4) is 0 Å². The standard InChI is InChI=1S/C22H26ClN5O2S/c1-13-15(3)31-22-20(13)21(26-18(27-22)12-28-7-9-30-10-8-28)24-11-19(29)25-17-6-4-5-16(23)14(17)2/h4-6H,7-12H2,1-3H3,(H,25,29)(H,24,26,27). The lowest BCUT2D eigenvalue weighted by atomic mass is 10.2. The molecule has 1 amide bonds. The van der Waals surface area contributed by atoms with Gasteiger partial charge in [-0.25, -0.2) is 9.97 Å². The van der Waals surface area contributed by atoms with Gasteiger partial charge in [-0.05, 0) is 44.0 Å². The van der Waals surface area contributed by atoms with Crippen LogP contribution in [-0.4, -0.2) is 53.6 Å². The van der Waals surface area contributed by atoms with Crippen molar-refractivity contribution >= 4 is 50.6 Å². The first-order valence-corrected chi connectivity index (χ1v) is 11.5. The molecule has 164 valence electrons. The number of carbonyl (C=O) groups excluding carboxylic acids is 1. The molecule has 2 aromatic heterocycles. The molecule has 31 heavy (non-hydrogen) atoms. The summed E-state index contributed by atoms with van der Waals surface area (Å²) < 4.78 is 5.43. The number of thiophene rings is 1. The molecule has 1 fully saturated rings. The number of anilines is 2. The highest BCUT2D eigenvalue weighted by molar-refractivity contribution is 7.18. The van der Waals surface area contributed by atoms with Crippen molar-refractivity contribution in [2.75, 3.05) is 43.5 Å². The van der Waals surface area contributed by atoms with Gasteiger partial charge in [0.25, 0.3) is 0 Å². The van der Waals surface area contributed by atoms with E-state index in [-0.39, 0.29) is 12.5 Å². The molecule has 2 N–H and O–H groups in total. The first kappa shape index (κ1) is 22.0. The van der Waals surface area contributed by atoms with Crippen LogP contribution in [0.15, 0.2) is 18.2 Å². The first-order chi connectivity index (χ1) is 14.9. The number of nitrogens with one attached hydrogen (secondary N) is 2. The van der Waals surface area contributed by atoms with Crippen LogP contribution in [0.25, 0.3) is 10.2 Å². The third-order valence-electron chi connectivity index (χ3n) is 5.50. The van der Waals surface area contributed by atoms with Crippen LogP contribution in [0.4, 0.5) is 11.5 Å². The van der Waals surface area contributed by atoms with Crippen molar-refractivity contribution in [1.29, 1.82) is 0 Å². The molecule has 3 heterocycles. The van der Waals surface area contributed by atoms with Gasteiger partial charge in [-0.2, -0.15) is 0 Å². The molecule has 3 aromatic rings. The summed E-state index contributed by atoms with van der Waals surface area (Å²) in [6.45, 7) is 10.0. The normalized spacial score (nSPS) is 14.7. The number of aromatic nitrogens is 2. The molecular weight excluding hydrogens is 434 g/mol. The fourth-order valence-electron chi connectivity index (χ4n) is 3.55. The number of hydrogen-bond acceptors (Lipinski definition) is 7. The molecule has 0 saturated carbocycles. The number of carbonyl (C=O) groups is 1. The Morgan fingerprint density at radius 1 is 1.19 bits per heavy atom. The van der Waals surface area contributed by atoms with Crippen molar-refractivity contribution in [1.82, 2.24) is 14.9 Å². The van der Waals surface area contributed by atoms with Gasteiger partial charge in [-0.1, -0.05) is 17.7 Å². The highest BCUT2D eigenvalue weighted by atomic mass is 35.5. The molecule has 1 aliphatic rings. The smallest absolute Gasteiger partial charge is 0.243 e. The van der Waals surface area contributed by atoms with E-state index in [4.69, 9.17) is 26.3 Å². The fraction of sp³-hybridized carbons (Fsp3) is 0.409. The van der Waals surface area contributed by atoms with Crippen molar-refractivity contribution in [3.05, 3.63) is 45.1 Å². The Bertz CT molecular complexity index is 1110. The molecule has 1 saturated heterocycles. The van der Waals surface area contributed by atoms with Gasteiger partial charge in [-0.15, -0.1) is 11.3 Å². The van der Waals surface area contributed by atoms with Crippen LogP contribution in [0.5, 0.6) is 0 Å². The van der Waals surface area contributed by atoms with Crippen LogP contribution in [0.2, 0.25) is 5.02 Å². The maximum atomic E-state index is 12.6. The first-order valence-electron chi connectivity index (χ1n) is 10.3. The van der Waals surface area contributed by atoms with E-state index in [2.05, 4.69) is 29.4 Å². The number of ether oxygens (including phenoxy) is 1. The van der Waals surface area contributed by atoms with Gasteiger partial charge in [0, 0.05) is 28.7 Å². The third kappa shape index (κ3) is 4.98. The van der Waals surface area contributed by atoms with Crippen LogP contribution < -0.4 is 10.6 Å². The van der Waals surface area contributed by atoms with E-state index < -0.39 is 0 Å². The molecular formula is C22H26ClN5O2S. The lowest BCUT2D eigenvalue weighted by Crippen LogP contribution is -2.36. The number of hydrogen-bond donors (Lipinski definition) is 2. The molecule has 7 nitrogen and oxygen atoms in total. The van der Waals surface area contributed by atoms with Crippen molar-refractivity contribution in [2.45, 2.75) is 27.3 Å². The Balaban J connectivity index is 1.53. The zero-order chi connectivity index (χ0) is 22.0. The average Bonchev–Trinajstić information content (AvgIpc) is 3.04. The highest BCUT2D eigenvalue weighted by Crippen LogP contribution is 2.33. The van der Waals surface area contributed by atoms with E-state index in [1.165, 1.54) is 4.88 Å². The maximum Gasteiger partial charge on any atom is 0.243 e. The van der Waals surface area contributed by atoms with Gasteiger partial charge in [0.1, 0.15) is 16.5 Å². The zero-order valence-electron chi connectivity index (χ0n) is 17.9. The summed E-state index contributed by atoms with van der Waals surface area (Å²) in [7, 11) is 0. The molecule has 9 heteroatoms. The van der Waals surface area contributed by atoms with Gasteiger partial charge >= 0.3 is 0 Å². The van der Waals surface area contributed by atoms with Crippen LogP contribution in [0.1, 0.15) is 21.8 Å². The minimum absolute atomic E-state index is 0.101. The van der Waals surface area contributed by atoms with Gasteiger partial charge in [0.05, 0.1) is 31.7 Å². The molecule has 4 rings (SSSR count). The quantitative estimate of drug-likeness (QED) is 0.576. The Kier molecular flexibility index (Phi) is 6.71. The van der Waals surface area contributed by atoms with E-state index in [9.17, 15) is 4.79 Å². The van der Waals surface area contributed by atoms with Gasteiger partial charge in [0.2, 0.25) is 5.91 Å². The predicted octanol–water partition coefficient (Wildman–Crippen LogP) is 4.15. The summed E-state index contributed by atoms with van der Waals surface area (Å²) in [4.78, 5) is 26.6. The molecule has 0 unspecified atom stereocenters. The molecule has 0 aliphatic carbocycles. The van der Waals surface area contributed by atoms with E-state index in [0.717, 1.165) is 53.5 Å². The Morgan fingerprint density at radius 3 is 2.74 bits per heavy atom. The topological polar surface area (TPSA) is 79.4 Å². The number of amides is 1. The van der Waals surface area contributed by atoms with Crippen LogP contribution >= 0.6 is 22.9 Å². The van der Waals surface area contributed by atoms with E-state index >= 15 is 0 Å². The Hall–Kier alpha value is -2.26. The highest BCUT2D eigenvalue weighted by Gasteiger charge is 2.18. The fourth-order valence-corrected chi connectivity index (χ4v) is 4.78. The van der Waals surface area contributed by atoms with Gasteiger partial charge in [0.15, 0.2) is 0 Å². The molecule has 0 radical (unpaired) electrons. The number of rotatable bonds is 6. The largest absolute Gasteiger partial charge is 0.379 e. The number of nitrogens with zero attached hydrogens (tertiary/aromatic N) is 3. The minimum Gasteiger partial charge on any atom is -0.379 e. The summed E-state index contributed by atoms with van der Waals surface area (Å²) in [5.41, 5.74) is 2.70. The lowest BCUT2D eigenvalue weighted by Gasteiger charge is -2.25. The maximum absolute atomic E-state index is 12.6. The molecule has 0 bridgehead atoms. The van der Waals surface area contributed by atoms with Crippen molar-refractivity contribution in [2.24, 2.45) is 0 Å². The summed E-state index contributed by atoms with van der Waals surface area (Å²) in [6, 6.07) is 5.47. The van der Waals surface area contributed by atoms with E-state index in [1.54, 1.807) is 17.4 Å². The lowest BCUT2D eigenvalue weighted by molar-refractivity contribution is -0.114. The van der Waals surface area contributed by atoms with Crippen LogP contribution in [0, 0.1) is 20.8 Å². The van der Waals surface area contributed by atoms with Crippen LogP contribution in [-0.2, 0) is 16.1 Å². The van der Waals surface area contributed by atoms with E-state index in [0.29, 0.717) is 23.1 Å². The summed E-state index contributed by atoms with van der Waals surface area (Å²) >= 11 is 7.82. The van der Waals surface area contributed by atoms with E-state index in [1.807, 2.05) is 19.1 Å². The predicted molar refractivity (Wildman–Crippen MR) is 126 cm³/mol. The second kappa shape index (κ2) is 9.48. The molecule has 0 atom stereocenters.